The monoisotopic (exact) mass is 345 g/mol. The average molecular weight is 345 g/mol. The van der Waals surface area contributed by atoms with Crippen LogP contribution in [0.15, 0.2) is 72.8 Å². The van der Waals surface area contributed by atoms with Gasteiger partial charge in [0.1, 0.15) is 12.7 Å². The van der Waals surface area contributed by atoms with Crippen LogP contribution in [0.1, 0.15) is 5.56 Å². The van der Waals surface area contributed by atoms with Gasteiger partial charge in [-0.3, -0.25) is 4.79 Å². The molecule has 1 aliphatic rings. The van der Waals surface area contributed by atoms with Crippen LogP contribution in [0.3, 0.4) is 0 Å². The third-order valence-corrected chi connectivity index (χ3v) is 4.31. The Morgan fingerprint density at radius 1 is 1.00 bits per heavy atom. The van der Waals surface area contributed by atoms with Crippen LogP contribution >= 0.6 is 0 Å². The normalized spacial score (nSPS) is 15.9. The number of rotatable bonds is 4. The van der Waals surface area contributed by atoms with E-state index >= 15 is 0 Å². The molecule has 1 aliphatic heterocycles. The second-order valence-corrected chi connectivity index (χ2v) is 6.14. The number of hydrogen-bond donors (Lipinski definition) is 1. The van der Waals surface area contributed by atoms with Crippen molar-refractivity contribution in [2.75, 3.05) is 13.2 Å². The van der Waals surface area contributed by atoms with E-state index < -0.39 is 0 Å². The van der Waals surface area contributed by atoms with Crippen LogP contribution in [0, 0.1) is 0 Å². The van der Waals surface area contributed by atoms with Crippen molar-refractivity contribution in [1.29, 1.82) is 0 Å². The Bertz CT molecular complexity index is 959. The van der Waals surface area contributed by atoms with Gasteiger partial charge in [0.15, 0.2) is 11.5 Å². The van der Waals surface area contributed by atoms with Crippen molar-refractivity contribution in [2.45, 2.75) is 6.10 Å². The number of hydrogen-bond acceptors (Lipinski definition) is 3. The summed E-state index contributed by atoms with van der Waals surface area (Å²) in [7, 11) is 0. The molecule has 1 amide bonds. The summed E-state index contributed by atoms with van der Waals surface area (Å²) < 4.78 is 11.5. The summed E-state index contributed by atoms with van der Waals surface area (Å²) >= 11 is 0. The maximum absolute atomic E-state index is 12.1. The number of para-hydroxylation sites is 2. The lowest BCUT2D eigenvalue weighted by atomic mass is 10.0. The average Bonchev–Trinajstić information content (AvgIpc) is 2.70. The molecule has 0 fully saturated rings. The molecule has 1 heterocycles. The van der Waals surface area contributed by atoms with E-state index in [4.69, 9.17) is 9.47 Å². The van der Waals surface area contributed by atoms with E-state index in [0.29, 0.717) is 18.9 Å². The minimum absolute atomic E-state index is 0.152. The number of nitrogens with one attached hydrogen (secondary N) is 1. The third-order valence-electron chi connectivity index (χ3n) is 4.31. The topological polar surface area (TPSA) is 47.6 Å². The zero-order valence-corrected chi connectivity index (χ0v) is 14.2. The molecule has 0 bridgehead atoms. The van der Waals surface area contributed by atoms with Crippen molar-refractivity contribution in [2.24, 2.45) is 0 Å². The maximum atomic E-state index is 12.1. The highest BCUT2D eigenvalue weighted by Crippen LogP contribution is 2.30. The van der Waals surface area contributed by atoms with Gasteiger partial charge in [-0.15, -0.1) is 0 Å². The summed E-state index contributed by atoms with van der Waals surface area (Å²) in [6, 6.07) is 21.7. The van der Waals surface area contributed by atoms with Gasteiger partial charge >= 0.3 is 0 Å². The Kier molecular flexibility index (Phi) is 4.56. The zero-order valence-electron chi connectivity index (χ0n) is 14.2. The first-order chi connectivity index (χ1) is 12.8. The van der Waals surface area contributed by atoms with E-state index in [0.717, 1.165) is 22.1 Å². The zero-order chi connectivity index (χ0) is 17.8. The van der Waals surface area contributed by atoms with Gasteiger partial charge in [-0.25, -0.2) is 0 Å². The lowest BCUT2D eigenvalue weighted by Gasteiger charge is -2.26. The molecular weight excluding hydrogens is 326 g/mol. The van der Waals surface area contributed by atoms with Gasteiger partial charge in [0, 0.05) is 6.08 Å². The molecule has 0 aromatic heterocycles. The van der Waals surface area contributed by atoms with Crippen molar-refractivity contribution < 1.29 is 14.3 Å². The molecule has 1 N–H and O–H groups in total. The Morgan fingerprint density at radius 2 is 1.77 bits per heavy atom. The summed E-state index contributed by atoms with van der Waals surface area (Å²) in [5.41, 5.74) is 1.02. The van der Waals surface area contributed by atoms with Crippen molar-refractivity contribution in [1.82, 2.24) is 5.32 Å². The third kappa shape index (κ3) is 3.54. The number of ether oxygens (including phenoxy) is 2. The van der Waals surface area contributed by atoms with Gasteiger partial charge in [0.2, 0.25) is 5.91 Å². The SMILES string of the molecule is O=C(/C=C/c1cccc2ccccc12)NCC1COc2ccccc2O1. The molecule has 4 rings (SSSR count). The van der Waals surface area contributed by atoms with Crippen LogP contribution < -0.4 is 14.8 Å². The molecule has 3 aromatic carbocycles. The van der Waals surface area contributed by atoms with Gasteiger partial charge in [-0.1, -0.05) is 54.6 Å². The van der Waals surface area contributed by atoms with Crippen LogP contribution in [0.5, 0.6) is 11.5 Å². The minimum atomic E-state index is -0.195. The van der Waals surface area contributed by atoms with Crippen molar-refractivity contribution in [3.63, 3.8) is 0 Å². The Hall–Kier alpha value is -3.27. The molecule has 3 aromatic rings. The lowest BCUT2D eigenvalue weighted by Crippen LogP contribution is -2.40. The van der Waals surface area contributed by atoms with Gasteiger partial charge < -0.3 is 14.8 Å². The highest BCUT2D eigenvalue weighted by atomic mass is 16.6. The summed E-state index contributed by atoms with van der Waals surface area (Å²) in [5, 5.41) is 5.15. The summed E-state index contributed by atoms with van der Waals surface area (Å²) in [4.78, 5) is 12.1. The molecule has 26 heavy (non-hydrogen) atoms. The predicted octanol–water partition coefficient (Wildman–Crippen LogP) is 3.81. The molecule has 0 radical (unpaired) electrons. The Labute approximate surface area is 152 Å². The number of fused-ring (bicyclic) bond motifs is 2. The molecule has 0 saturated heterocycles. The fourth-order valence-electron chi connectivity index (χ4n) is 3.00. The van der Waals surface area contributed by atoms with E-state index in [-0.39, 0.29) is 12.0 Å². The Morgan fingerprint density at radius 3 is 2.69 bits per heavy atom. The quantitative estimate of drug-likeness (QED) is 0.732. The first kappa shape index (κ1) is 16.2. The van der Waals surface area contributed by atoms with Crippen molar-refractivity contribution >= 4 is 22.8 Å². The van der Waals surface area contributed by atoms with Gasteiger partial charge in [-0.2, -0.15) is 0 Å². The van der Waals surface area contributed by atoms with Crippen LogP contribution in [-0.4, -0.2) is 25.2 Å². The molecule has 4 heteroatoms. The number of benzene rings is 3. The molecule has 4 nitrogen and oxygen atoms in total. The molecule has 130 valence electrons. The predicted molar refractivity (Wildman–Crippen MR) is 102 cm³/mol. The maximum Gasteiger partial charge on any atom is 0.244 e. The summed E-state index contributed by atoms with van der Waals surface area (Å²) in [5.74, 6) is 1.30. The fraction of sp³-hybridized carbons (Fsp3) is 0.136. The van der Waals surface area contributed by atoms with E-state index in [1.165, 1.54) is 0 Å². The van der Waals surface area contributed by atoms with Gasteiger partial charge in [0.05, 0.1) is 6.54 Å². The number of carbonyl (C=O) groups is 1. The molecule has 0 spiro atoms. The van der Waals surface area contributed by atoms with Crippen LogP contribution in [-0.2, 0) is 4.79 Å². The van der Waals surface area contributed by atoms with Crippen molar-refractivity contribution in [3.8, 4) is 11.5 Å². The molecule has 1 atom stereocenters. The van der Waals surface area contributed by atoms with Crippen molar-refractivity contribution in [3.05, 3.63) is 78.4 Å². The van der Waals surface area contributed by atoms with E-state index in [2.05, 4.69) is 23.5 Å². The lowest BCUT2D eigenvalue weighted by molar-refractivity contribution is -0.116. The molecule has 0 saturated carbocycles. The standard InChI is InChI=1S/C22H19NO3/c24-22(13-12-17-8-5-7-16-6-1-2-9-19(16)17)23-14-18-15-25-20-10-3-4-11-21(20)26-18/h1-13,18H,14-15H2,(H,23,24)/b13-12+. The highest BCUT2D eigenvalue weighted by molar-refractivity contribution is 5.96. The molecular formula is C22H19NO3. The van der Waals surface area contributed by atoms with Gasteiger partial charge in [-0.05, 0) is 34.5 Å². The Balaban J connectivity index is 1.36. The van der Waals surface area contributed by atoms with Crippen LogP contribution in [0.4, 0.5) is 0 Å². The second-order valence-electron chi connectivity index (χ2n) is 6.14. The number of amides is 1. The highest BCUT2D eigenvalue weighted by Gasteiger charge is 2.20. The van der Waals surface area contributed by atoms with E-state index in [1.807, 2.05) is 54.6 Å². The summed E-state index contributed by atoms with van der Waals surface area (Å²) in [6.45, 7) is 0.817. The van der Waals surface area contributed by atoms with Crippen LogP contribution in [0.2, 0.25) is 0 Å². The second kappa shape index (κ2) is 7.31. The van der Waals surface area contributed by atoms with E-state index in [1.54, 1.807) is 6.08 Å². The first-order valence-corrected chi connectivity index (χ1v) is 8.62. The minimum Gasteiger partial charge on any atom is -0.486 e. The van der Waals surface area contributed by atoms with Gasteiger partial charge in [0.25, 0.3) is 0 Å². The summed E-state index contributed by atoms with van der Waals surface area (Å²) in [6.07, 6.45) is 3.20. The fourth-order valence-corrected chi connectivity index (χ4v) is 3.00. The molecule has 1 unspecified atom stereocenters. The van der Waals surface area contributed by atoms with Crippen LogP contribution in [0.25, 0.3) is 16.8 Å². The largest absolute Gasteiger partial charge is 0.486 e. The smallest absolute Gasteiger partial charge is 0.244 e. The van der Waals surface area contributed by atoms with E-state index in [9.17, 15) is 4.79 Å². The first-order valence-electron chi connectivity index (χ1n) is 8.62. The molecule has 0 aliphatic carbocycles. The number of carbonyl (C=O) groups excluding carboxylic acids is 1.